The highest BCUT2D eigenvalue weighted by Gasteiger charge is 2.35. The number of para-hydroxylation sites is 1. The van der Waals surface area contributed by atoms with Crippen LogP contribution in [0.2, 0.25) is 0 Å². The highest BCUT2D eigenvalue weighted by atomic mass is 16.6. The summed E-state index contributed by atoms with van der Waals surface area (Å²) in [4.78, 5) is 24.6. The third-order valence-corrected chi connectivity index (χ3v) is 5.02. The van der Waals surface area contributed by atoms with Crippen molar-refractivity contribution < 1.29 is 19.4 Å². The lowest BCUT2D eigenvalue weighted by atomic mass is 10.1. The highest BCUT2D eigenvalue weighted by molar-refractivity contribution is 5.98. The monoisotopic (exact) mass is 397 g/mol. The standard InChI is InChI=1S/C23H15N3O4/c27-20(14-8-2-1-3-9-14)25-24-19-17-12-6-7-13-18(17)26(21(19)28)22-15-10-4-5-11-16(15)23(29)30-22/h1-13,22,28H. The van der Waals surface area contributed by atoms with Crippen LogP contribution in [0.1, 0.15) is 32.5 Å². The zero-order valence-corrected chi connectivity index (χ0v) is 15.6. The average molecular weight is 397 g/mol. The molecule has 2 heterocycles. The maximum atomic E-state index is 12.3. The molecular weight excluding hydrogens is 382 g/mol. The third-order valence-electron chi connectivity index (χ3n) is 5.02. The third kappa shape index (κ3) is 2.76. The minimum Gasteiger partial charge on any atom is -0.493 e. The summed E-state index contributed by atoms with van der Waals surface area (Å²) in [5, 5.41) is 19.4. The zero-order valence-electron chi connectivity index (χ0n) is 15.6. The number of aromatic nitrogens is 1. The smallest absolute Gasteiger partial charge is 0.340 e. The fourth-order valence-corrected chi connectivity index (χ4v) is 3.62. The number of nitrogens with zero attached hydrogens (tertiary/aromatic N) is 3. The molecule has 4 aromatic rings. The number of fused-ring (bicyclic) bond motifs is 2. The largest absolute Gasteiger partial charge is 0.493 e. The van der Waals surface area contributed by atoms with Gasteiger partial charge in [-0.05, 0) is 24.3 Å². The molecule has 30 heavy (non-hydrogen) atoms. The molecule has 1 aromatic heterocycles. The summed E-state index contributed by atoms with van der Waals surface area (Å²) < 4.78 is 7.03. The number of hydrogen-bond donors (Lipinski definition) is 1. The van der Waals surface area contributed by atoms with E-state index in [2.05, 4.69) is 10.2 Å². The Balaban J connectivity index is 1.62. The van der Waals surface area contributed by atoms with Crippen molar-refractivity contribution in [1.29, 1.82) is 0 Å². The Labute approximate surface area is 170 Å². The van der Waals surface area contributed by atoms with Gasteiger partial charge in [-0.25, -0.2) is 4.79 Å². The van der Waals surface area contributed by atoms with Gasteiger partial charge in [-0.3, -0.25) is 9.36 Å². The van der Waals surface area contributed by atoms with E-state index in [0.29, 0.717) is 27.6 Å². The molecule has 0 fully saturated rings. The van der Waals surface area contributed by atoms with E-state index < -0.39 is 18.1 Å². The summed E-state index contributed by atoms with van der Waals surface area (Å²) >= 11 is 0. The van der Waals surface area contributed by atoms with Gasteiger partial charge in [0.05, 0.1) is 11.1 Å². The van der Waals surface area contributed by atoms with E-state index in [4.69, 9.17) is 4.74 Å². The van der Waals surface area contributed by atoms with Gasteiger partial charge >= 0.3 is 5.97 Å². The van der Waals surface area contributed by atoms with E-state index in [9.17, 15) is 14.7 Å². The van der Waals surface area contributed by atoms with Crippen LogP contribution in [0.4, 0.5) is 5.69 Å². The number of esters is 1. The molecule has 3 aromatic carbocycles. The van der Waals surface area contributed by atoms with Gasteiger partial charge in [-0.1, -0.05) is 54.6 Å². The second-order valence-corrected chi connectivity index (χ2v) is 6.78. The normalized spacial score (nSPS) is 15.5. The number of ether oxygens (including phenoxy) is 1. The van der Waals surface area contributed by atoms with Crippen molar-refractivity contribution in [3.63, 3.8) is 0 Å². The van der Waals surface area contributed by atoms with Crippen molar-refractivity contribution in [2.45, 2.75) is 6.23 Å². The average Bonchev–Trinajstić information content (AvgIpc) is 3.26. The molecule has 0 bridgehead atoms. The summed E-state index contributed by atoms with van der Waals surface area (Å²) in [5.41, 5.74) is 2.22. The molecule has 0 aliphatic carbocycles. The van der Waals surface area contributed by atoms with Crippen LogP contribution >= 0.6 is 0 Å². The second kappa shape index (κ2) is 6.97. The summed E-state index contributed by atoms with van der Waals surface area (Å²) in [5.74, 6) is -1.23. The SMILES string of the molecule is O=C(N=Nc1c(O)n(C2OC(=O)c3ccccc32)c2ccccc12)c1ccccc1. The van der Waals surface area contributed by atoms with Crippen molar-refractivity contribution in [3.05, 3.63) is 95.6 Å². The first-order valence-electron chi connectivity index (χ1n) is 9.28. The first-order chi connectivity index (χ1) is 14.6. The first kappa shape index (κ1) is 17.8. The van der Waals surface area contributed by atoms with E-state index in [-0.39, 0.29) is 11.6 Å². The minimum atomic E-state index is -0.840. The van der Waals surface area contributed by atoms with Crippen LogP contribution in [-0.2, 0) is 4.74 Å². The molecule has 1 aliphatic heterocycles. The van der Waals surface area contributed by atoms with Gasteiger partial charge in [0.25, 0.3) is 5.91 Å². The lowest BCUT2D eigenvalue weighted by Gasteiger charge is -2.15. The van der Waals surface area contributed by atoms with Gasteiger partial charge in [-0.2, -0.15) is 0 Å². The molecule has 0 spiro atoms. The summed E-state index contributed by atoms with van der Waals surface area (Å²) in [6, 6.07) is 22.7. The Morgan fingerprint density at radius 2 is 1.63 bits per heavy atom. The Morgan fingerprint density at radius 1 is 0.933 bits per heavy atom. The quantitative estimate of drug-likeness (QED) is 0.389. The topological polar surface area (TPSA) is 93.2 Å². The Morgan fingerprint density at radius 3 is 2.47 bits per heavy atom. The van der Waals surface area contributed by atoms with Crippen LogP contribution in [0.5, 0.6) is 5.88 Å². The van der Waals surface area contributed by atoms with Crippen molar-refractivity contribution in [2.75, 3.05) is 0 Å². The van der Waals surface area contributed by atoms with Crippen molar-refractivity contribution in [1.82, 2.24) is 4.57 Å². The van der Waals surface area contributed by atoms with Gasteiger partial charge in [0.2, 0.25) is 12.1 Å². The molecule has 0 radical (unpaired) electrons. The lowest BCUT2D eigenvalue weighted by molar-refractivity contribution is 0.0318. The van der Waals surface area contributed by atoms with Crippen LogP contribution in [0.25, 0.3) is 10.9 Å². The van der Waals surface area contributed by atoms with Crippen LogP contribution < -0.4 is 0 Å². The zero-order chi connectivity index (χ0) is 20.7. The van der Waals surface area contributed by atoms with E-state index in [0.717, 1.165) is 0 Å². The number of hydrogen-bond acceptors (Lipinski definition) is 5. The van der Waals surface area contributed by atoms with Gasteiger partial charge < -0.3 is 9.84 Å². The molecule has 1 unspecified atom stereocenters. The fraction of sp³-hybridized carbons (Fsp3) is 0.0435. The number of benzene rings is 3. The summed E-state index contributed by atoms with van der Waals surface area (Å²) in [6.45, 7) is 0. The number of carbonyl (C=O) groups is 2. The molecule has 1 atom stereocenters. The Bertz CT molecular complexity index is 1330. The molecule has 1 amide bonds. The molecule has 7 heteroatoms. The molecule has 7 nitrogen and oxygen atoms in total. The van der Waals surface area contributed by atoms with Crippen molar-refractivity contribution in [2.24, 2.45) is 10.2 Å². The van der Waals surface area contributed by atoms with Gasteiger partial charge in [0, 0.05) is 16.5 Å². The van der Waals surface area contributed by atoms with Gasteiger partial charge in [0.15, 0.2) is 5.69 Å². The maximum absolute atomic E-state index is 12.3. The Hall–Kier alpha value is -4.26. The van der Waals surface area contributed by atoms with Crippen LogP contribution in [0.3, 0.4) is 0 Å². The van der Waals surface area contributed by atoms with E-state index in [1.807, 2.05) is 0 Å². The molecule has 1 aliphatic rings. The Kier molecular flexibility index (Phi) is 4.14. The second-order valence-electron chi connectivity index (χ2n) is 6.78. The number of azo groups is 1. The molecule has 146 valence electrons. The minimum absolute atomic E-state index is 0.135. The number of carbonyl (C=O) groups excluding carboxylic acids is 2. The molecular formula is C23H15N3O4. The number of amides is 1. The molecule has 0 saturated carbocycles. The molecule has 0 saturated heterocycles. The van der Waals surface area contributed by atoms with Crippen LogP contribution in [0, 0.1) is 0 Å². The first-order valence-corrected chi connectivity index (χ1v) is 9.28. The number of rotatable bonds is 3. The van der Waals surface area contributed by atoms with Crippen molar-refractivity contribution in [3.8, 4) is 5.88 Å². The van der Waals surface area contributed by atoms with Crippen LogP contribution in [-0.4, -0.2) is 21.6 Å². The van der Waals surface area contributed by atoms with Gasteiger partial charge in [0.1, 0.15) is 0 Å². The maximum Gasteiger partial charge on any atom is 0.340 e. The molecule has 1 N–H and O–H groups in total. The summed E-state index contributed by atoms with van der Waals surface area (Å²) in [6.07, 6.45) is -0.840. The van der Waals surface area contributed by atoms with Crippen molar-refractivity contribution >= 4 is 28.5 Å². The molecule has 5 rings (SSSR count). The van der Waals surface area contributed by atoms with Crippen LogP contribution in [0.15, 0.2) is 89.1 Å². The number of aromatic hydroxyl groups is 1. The lowest BCUT2D eigenvalue weighted by Crippen LogP contribution is -2.09. The predicted octanol–water partition coefficient (Wildman–Crippen LogP) is 4.99. The van der Waals surface area contributed by atoms with E-state index in [1.54, 1.807) is 78.9 Å². The summed E-state index contributed by atoms with van der Waals surface area (Å²) in [7, 11) is 0. The highest BCUT2D eigenvalue weighted by Crippen LogP contribution is 2.44. The predicted molar refractivity (Wildman–Crippen MR) is 109 cm³/mol. The van der Waals surface area contributed by atoms with Gasteiger partial charge in [-0.15, -0.1) is 10.2 Å². The number of cyclic esters (lactones) is 1. The van der Waals surface area contributed by atoms with E-state index >= 15 is 0 Å². The van der Waals surface area contributed by atoms with E-state index in [1.165, 1.54) is 4.57 Å². The fourth-order valence-electron chi connectivity index (χ4n) is 3.62.